The average Bonchev–Trinajstić information content (AvgIpc) is 2.90. The summed E-state index contributed by atoms with van der Waals surface area (Å²) in [6, 6.07) is 0.890. The van der Waals surface area contributed by atoms with Gasteiger partial charge in [-0.25, -0.2) is 0 Å². The van der Waals surface area contributed by atoms with Crippen LogP contribution in [0.3, 0.4) is 0 Å². The van der Waals surface area contributed by atoms with Crippen LogP contribution in [0.15, 0.2) is 0 Å². The quantitative estimate of drug-likeness (QED) is 0.676. The van der Waals surface area contributed by atoms with E-state index >= 15 is 0 Å². The molecule has 1 nitrogen and oxygen atoms in total. The normalized spacial score (nSPS) is 26.0. The average molecular weight is 185 g/mol. The summed E-state index contributed by atoms with van der Waals surface area (Å²) in [4.78, 5) is 0. The van der Waals surface area contributed by atoms with Crippen LogP contribution < -0.4 is 5.32 Å². The molecule has 0 aromatic heterocycles. The number of hydrogen-bond donors (Lipinski definition) is 1. The molecule has 0 aliphatic heterocycles. The third-order valence-corrected chi connectivity index (χ3v) is 4.10. The molecule has 1 N–H and O–H groups in total. The highest BCUT2D eigenvalue weighted by molar-refractivity contribution is 7.99. The molecule has 0 atom stereocenters. The molecule has 0 amide bonds. The zero-order valence-corrected chi connectivity index (χ0v) is 8.54. The lowest BCUT2D eigenvalue weighted by molar-refractivity contribution is 0.515. The minimum absolute atomic E-state index is 0.890. The van der Waals surface area contributed by atoms with E-state index in [1.165, 1.54) is 50.8 Å². The summed E-state index contributed by atoms with van der Waals surface area (Å²) in [6.45, 7) is 0. The molecule has 0 unspecified atom stereocenters. The predicted molar refractivity (Wildman–Crippen MR) is 55.5 cm³/mol. The van der Waals surface area contributed by atoms with Gasteiger partial charge in [0.1, 0.15) is 0 Å². The van der Waals surface area contributed by atoms with E-state index in [4.69, 9.17) is 0 Å². The van der Waals surface area contributed by atoms with Crippen LogP contribution in [0, 0.1) is 0 Å². The summed E-state index contributed by atoms with van der Waals surface area (Å²) < 4.78 is 0. The van der Waals surface area contributed by atoms with Crippen molar-refractivity contribution in [1.29, 1.82) is 0 Å². The van der Waals surface area contributed by atoms with Crippen LogP contribution in [-0.2, 0) is 0 Å². The smallest absolute Gasteiger partial charge is 0.0422 e. The highest BCUT2D eigenvalue weighted by Gasteiger charge is 2.21. The Balaban J connectivity index is 1.52. The first-order valence-corrected chi connectivity index (χ1v) is 6.35. The van der Waals surface area contributed by atoms with Crippen molar-refractivity contribution in [2.45, 2.75) is 56.2 Å². The molecule has 2 aliphatic carbocycles. The molecule has 12 heavy (non-hydrogen) atoms. The Labute approximate surface area is 79.7 Å². The third-order valence-electron chi connectivity index (χ3n) is 2.82. The van der Waals surface area contributed by atoms with Crippen LogP contribution in [0.4, 0.5) is 0 Å². The molecule has 0 radical (unpaired) electrons. The van der Waals surface area contributed by atoms with Crippen molar-refractivity contribution in [3.05, 3.63) is 0 Å². The van der Waals surface area contributed by atoms with E-state index in [9.17, 15) is 0 Å². The molecular formula is C10H19NS. The second-order valence-corrected chi connectivity index (χ2v) is 5.34. The van der Waals surface area contributed by atoms with E-state index < -0.39 is 0 Å². The Kier molecular flexibility index (Phi) is 3.35. The topological polar surface area (TPSA) is 12.0 Å². The van der Waals surface area contributed by atoms with Gasteiger partial charge < -0.3 is 5.32 Å². The van der Waals surface area contributed by atoms with E-state index in [1.54, 1.807) is 0 Å². The second-order valence-electron chi connectivity index (χ2n) is 4.05. The molecular weight excluding hydrogens is 166 g/mol. The first kappa shape index (κ1) is 8.89. The summed E-state index contributed by atoms with van der Waals surface area (Å²) in [7, 11) is 0. The van der Waals surface area contributed by atoms with Crippen LogP contribution in [0.25, 0.3) is 0 Å². The third kappa shape index (κ3) is 2.98. The van der Waals surface area contributed by atoms with Gasteiger partial charge in [-0.3, -0.25) is 0 Å². The molecule has 2 heteroatoms. The lowest BCUT2D eigenvalue weighted by atomic mass is 10.0. The molecule has 70 valence electrons. The SMILES string of the molecule is C1CCC(SCNC2CC2)CC1. The van der Waals surface area contributed by atoms with E-state index in [-0.39, 0.29) is 0 Å². The molecule has 2 saturated carbocycles. The van der Waals surface area contributed by atoms with Gasteiger partial charge in [0, 0.05) is 17.2 Å². The number of rotatable bonds is 4. The zero-order chi connectivity index (χ0) is 8.23. The molecule has 0 heterocycles. The molecule has 0 spiro atoms. The van der Waals surface area contributed by atoms with Crippen molar-refractivity contribution in [3.8, 4) is 0 Å². The largest absolute Gasteiger partial charge is 0.305 e. The first-order valence-electron chi connectivity index (χ1n) is 5.30. The molecule has 2 fully saturated rings. The van der Waals surface area contributed by atoms with Crippen molar-refractivity contribution >= 4 is 11.8 Å². The van der Waals surface area contributed by atoms with Gasteiger partial charge in [-0.2, -0.15) is 0 Å². The Morgan fingerprint density at radius 2 is 1.75 bits per heavy atom. The maximum atomic E-state index is 3.57. The molecule has 0 saturated heterocycles. The Bertz CT molecular complexity index is 128. The molecule has 2 aliphatic rings. The van der Waals surface area contributed by atoms with E-state index in [2.05, 4.69) is 17.1 Å². The van der Waals surface area contributed by atoms with Gasteiger partial charge in [0.2, 0.25) is 0 Å². The van der Waals surface area contributed by atoms with Gasteiger partial charge in [0.05, 0.1) is 0 Å². The van der Waals surface area contributed by atoms with Crippen molar-refractivity contribution in [2.24, 2.45) is 0 Å². The lowest BCUT2D eigenvalue weighted by Crippen LogP contribution is -2.18. The van der Waals surface area contributed by atoms with Crippen LogP contribution in [-0.4, -0.2) is 17.2 Å². The molecule has 0 aromatic carbocycles. The van der Waals surface area contributed by atoms with Crippen molar-refractivity contribution in [2.75, 3.05) is 5.88 Å². The summed E-state index contributed by atoms with van der Waals surface area (Å²) in [5.41, 5.74) is 0. The number of hydrogen-bond acceptors (Lipinski definition) is 2. The van der Waals surface area contributed by atoms with E-state index in [0.717, 1.165) is 11.3 Å². The summed E-state index contributed by atoms with van der Waals surface area (Å²) in [5.74, 6) is 1.20. The van der Waals surface area contributed by atoms with E-state index in [1.807, 2.05) is 0 Å². The lowest BCUT2D eigenvalue weighted by Gasteiger charge is -2.20. The van der Waals surface area contributed by atoms with Gasteiger partial charge in [-0.05, 0) is 25.7 Å². The maximum Gasteiger partial charge on any atom is 0.0422 e. The highest BCUT2D eigenvalue weighted by atomic mass is 32.2. The summed E-state index contributed by atoms with van der Waals surface area (Å²) in [6.07, 6.45) is 10.2. The highest BCUT2D eigenvalue weighted by Crippen LogP contribution is 2.28. The van der Waals surface area contributed by atoms with Crippen molar-refractivity contribution in [3.63, 3.8) is 0 Å². The fourth-order valence-corrected chi connectivity index (χ4v) is 3.04. The molecule has 2 rings (SSSR count). The fraction of sp³-hybridized carbons (Fsp3) is 1.00. The van der Waals surface area contributed by atoms with Gasteiger partial charge in [0.25, 0.3) is 0 Å². The van der Waals surface area contributed by atoms with Crippen molar-refractivity contribution < 1.29 is 0 Å². The molecule has 0 aromatic rings. The van der Waals surface area contributed by atoms with Crippen LogP contribution in [0.1, 0.15) is 44.9 Å². The fourth-order valence-electron chi connectivity index (χ4n) is 1.80. The minimum atomic E-state index is 0.890. The summed E-state index contributed by atoms with van der Waals surface area (Å²) in [5, 5.41) is 4.54. The van der Waals surface area contributed by atoms with Gasteiger partial charge in [0.15, 0.2) is 0 Å². The zero-order valence-electron chi connectivity index (χ0n) is 7.72. The Morgan fingerprint density at radius 1 is 1.00 bits per heavy atom. The first-order chi connectivity index (χ1) is 5.95. The maximum absolute atomic E-state index is 3.57. The Morgan fingerprint density at radius 3 is 2.42 bits per heavy atom. The van der Waals surface area contributed by atoms with Gasteiger partial charge in [-0.1, -0.05) is 19.3 Å². The Hall–Kier alpha value is 0.310. The summed E-state index contributed by atoms with van der Waals surface area (Å²) >= 11 is 2.15. The van der Waals surface area contributed by atoms with Crippen LogP contribution in [0.2, 0.25) is 0 Å². The van der Waals surface area contributed by atoms with Crippen LogP contribution >= 0.6 is 11.8 Å². The standard InChI is InChI=1S/C10H19NS/c1-2-4-10(5-3-1)12-8-11-9-6-7-9/h9-11H,1-8H2. The van der Waals surface area contributed by atoms with Gasteiger partial charge in [-0.15, -0.1) is 11.8 Å². The predicted octanol–water partition coefficient (Wildman–Crippen LogP) is 2.76. The van der Waals surface area contributed by atoms with Gasteiger partial charge >= 0.3 is 0 Å². The van der Waals surface area contributed by atoms with Crippen molar-refractivity contribution in [1.82, 2.24) is 5.32 Å². The second kappa shape index (κ2) is 4.52. The number of thioether (sulfide) groups is 1. The minimum Gasteiger partial charge on any atom is -0.305 e. The number of nitrogens with one attached hydrogen (secondary N) is 1. The van der Waals surface area contributed by atoms with E-state index in [0.29, 0.717) is 0 Å². The monoisotopic (exact) mass is 185 g/mol. The molecule has 0 bridgehead atoms. The van der Waals surface area contributed by atoms with Crippen LogP contribution in [0.5, 0.6) is 0 Å².